The molecule has 1 fully saturated rings. The molecule has 0 spiro atoms. The number of piperidine rings is 1. The van der Waals surface area contributed by atoms with Gasteiger partial charge in [0.1, 0.15) is 11.6 Å². The van der Waals surface area contributed by atoms with Crippen LogP contribution in [0.25, 0.3) is 6.08 Å². The van der Waals surface area contributed by atoms with Crippen molar-refractivity contribution in [3.05, 3.63) is 70.4 Å². The normalized spacial score (nSPS) is 16.7. The predicted octanol–water partition coefficient (Wildman–Crippen LogP) is 4.48. The van der Waals surface area contributed by atoms with Crippen LogP contribution in [-0.4, -0.2) is 38.8 Å². The van der Waals surface area contributed by atoms with Crippen molar-refractivity contribution < 1.29 is 4.79 Å². The average Bonchev–Trinajstić information content (AvgIpc) is 3.18. The van der Waals surface area contributed by atoms with Gasteiger partial charge in [0.15, 0.2) is 0 Å². The molecule has 3 aromatic rings. The highest BCUT2D eigenvalue weighted by molar-refractivity contribution is 7.09. The van der Waals surface area contributed by atoms with E-state index >= 15 is 0 Å². The van der Waals surface area contributed by atoms with Gasteiger partial charge in [0.25, 0.3) is 0 Å². The largest absolute Gasteiger partial charge is 0.339 e. The molecule has 0 aliphatic carbocycles. The first-order valence-electron chi connectivity index (χ1n) is 10.2. The Kier molecular flexibility index (Phi) is 6.49. The van der Waals surface area contributed by atoms with Crippen LogP contribution < -0.4 is 5.32 Å². The van der Waals surface area contributed by atoms with E-state index in [9.17, 15) is 4.79 Å². The second-order valence-corrected chi connectivity index (χ2v) is 8.54. The third-order valence-electron chi connectivity index (χ3n) is 5.09. The minimum absolute atomic E-state index is 0.0591. The highest BCUT2D eigenvalue weighted by atomic mass is 32.1. The number of nitrogens with zero attached hydrogens (tertiary/aromatic N) is 4. The number of hydrogen-bond donors (Lipinski definition) is 1. The van der Waals surface area contributed by atoms with Gasteiger partial charge >= 0.3 is 0 Å². The van der Waals surface area contributed by atoms with Gasteiger partial charge in [0, 0.05) is 36.4 Å². The molecule has 1 saturated heterocycles. The van der Waals surface area contributed by atoms with E-state index in [1.54, 1.807) is 23.6 Å². The SMILES string of the molecule is Cc1nc(C=CC(=O)N2CCCC(Cc3cccc(Nc4ccccn4)n3)C2)cs1. The lowest BCUT2D eigenvalue weighted by Crippen LogP contribution is -2.39. The number of pyridine rings is 2. The summed E-state index contributed by atoms with van der Waals surface area (Å²) >= 11 is 1.59. The topological polar surface area (TPSA) is 71.0 Å². The van der Waals surface area contributed by atoms with Gasteiger partial charge in [-0.15, -0.1) is 11.3 Å². The van der Waals surface area contributed by atoms with Crippen LogP contribution in [0.2, 0.25) is 0 Å². The van der Waals surface area contributed by atoms with Gasteiger partial charge < -0.3 is 10.2 Å². The number of rotatable bonds is 6. The van der Waals surface area contributed by atoms with Gasteiger partial charge in [0.05, 0.1) is 10.7 Å². The molecule has 1 unspecified atom stereocenters. The fourth-order valence-corrected chi connectivity index (χ4v) is 4.26. The fourth-order valence-electron chi connectivity index (χ4n) is 3.68. The van der Waals surface area contributed by atoms with E-state index in [4.69, 9.17) is 4.98 Å². The Balaban J connectivity index is 1.35. The average molecular weight is 420 g/mol. The molecule has 1 amide bonds. The summed E-state index contributed by atoms with van der Waals surface area (Å²) < 4.78 is 0. The van der Waals surface area contributed by atoms with Crippen molar-refractivity contribution in [1.82, 2.24) is 19.9 Å². The Labute approximate surface area is 180 Å². The minimum atomic E-state index is 0.0591. The number of carbonyl (C=O) groups is 1. The zero-order chi connectivity index (χ0) is 20.8. The molecular formula is C23H25N5OS. The number of aryl methyl sites for hydroxylation is 1. The van der Waals surface area contributed by atoms with Crippen LogP contribution in [-0.2, 0) is 11.2 Å². The Morgan fingerprint density at radius 2 is 2.13 bits per heavy atom. The van der Waals surface area contributed by atoms with Gasteiger partial charge in [-0.1, -0.05) is 12.1 Å². The second-order valence-electron chi connectivity index (χ2n) is 7.48. The summed E-state index contributed by atoms with van der Waals surface area (Å²) in [6.07, 6.45) is 8.20. The monoisotopic (exact) mass is 419 g/mol. The first kappa shape index (κ1) is 20.2. The summed E-state index contributed by atoms with van der Waals surface area (Å²) in [5.74, 6) is 2.04. The summed E-state index contributed by atoms with van der Waals surface area (Å²) in [5, 5.41) is 6.22. The maximum atomic E-state index is 12.6. The molecule has 154 valence electrons. The first-order valence-corrected chi connectivity index (χ1v) is 11.1. The number of anilines is 2. The van der Waals surface area contributed by atoms with E-state index in [0.717, 1.165) is 60.4 Å². The van der Waals surface area contributed by atoms with Crippen LogP contribution in [0.4, 0.5) is 11.6 Å². The number of carbonyl (C=O) groups excluding carboxylic acids is 1. The number of amides is 1. The fraction of sp³-hybridized carbons (Fsp3) is 0.304. The van der Waals surface area contributed by atoms with E-state index in [-0.39, 0.29) is 5.91 Å². The molecule has 0 aromatic carbocycles. The molecule has 0 bridgehead atoms. The summed E-state index contributed by atoms with van der Waals surface area (Å²) in [4.78, 5) is 28.0. The summed E-state index contributed by atoms with van der Waals surface area (Å²) in [6, 6.07) is 11.8. The maximum absolute atomic E-state index is 12.6. The van der Waals surface area contributed by atoms with E-state index in [1.165, 1.54) is 0 Å². The molecule has 0 saturated carbocycles. The lowest BCUT2D eigenvalue weighted by Gasteiger charge is -2.32. The summed E-state index contributed by atoms with van der Waals surface area (Å²) in [6.45, 7) is 3.54. The number of hydrogen-bond acceptors (Lipinski definition) is 6. The Bertz CT molecular complexity index is 1020. The number of nitrogens with one attached hydrogen (secondary N) is 1. The zero-order valence-corrected chi connectivity index (χ0v) is 17.8. The Hall–Kier alpha value is -3.06. The molecule has 30 heavy (non-hydrogen) atoms. The van der Waals surface area contributed by atoms with Crippen LogP contribution in [0, 0.1) is 12.8 Å². The van der Waals surface area contributed by atoms with Crippen LogP contribution in [0.5, 0.6) is 0 Å². The number of aromatic nitrogens is 3. The van der Waals surface area contributed by atoms with Crippen LogP contribution in [0.3, 0.4) is 0 Å². The zero-order valence-electron chi connectivity index (χ0n) is 17.0. The molecule has 3 aromatic heterocycles. The molecule has 4 heterocycles. The Morgan fingerprint density at radius 1 is 1.23 bits per heavy atom. The van der Waals surface area contributed by atoms with Crippen LogP contribution >= 0.6 is 11.3 Å². The number of likely N-dealkylation sites (tertiary alicyclic amines) is 1. The van der Waals surface area contributed by atoms with E-state index in [0.29, 0.717) is 5.92 Å². The van der Waals surface area contributed by atoms with E-state index in [2.05, 4.69) is 21.4 Å². The third-order valence-corrected chi connectivity index (χ3v) is 5.88. The van der Waals surface area contributed by atoms with E-state index < -0.39 is 0 Å². The van der Waals surface area contributed by atoms with Gasteiger partial charge in [0.2, 0.25) is 5.91 Å². The second kappa shape index (κ2) is 9.63. The third kappa shape index (κ3) is 5.51. The summed E-state index contributed by atoms with van der Waals surface area (Å²) in [7, 11) is 0. The minimum Gasteiger partial charge on any atom is -0.339 e. The van der Waals surface area contributed by atoms with E-state index in [1.807, 2.05) is 53.6 Å². The van der Waals surface area contributed by atoms with Crippen molar-refractivity contribution >= 4 is 35.0 Å². The standard InChI is InChI=1S/C23H25N5OS/c1-17-25-20(16-30-17)10-11-23(29)28-13-5-6-18(15-28)14-19-7-4-9-22(26-19)27-21-8-2-3-12-24-21/h2-4,7-12,16,18H,5-6,13-15H2,1H3,(H,24,26,27). The quantitative estimate of drug-likeness (QED) is 0.597. The van der Waals surface area contributed by atoms with Crippen molar-refractivity contribution in [1.29, 1.82) is 0 Å². The van der Waals surface area contributed by atoms with Crippen LogP contribution in [0.15, 0.2) is 54.1 Å². The van der Waals surface area contributed by atoms with Gasteiger partial charge in [-0.2, -0.15) is 0 Å². The number of thiazole rings is 1. The lowest BCUT2D eigenvalue weighted by molar-refractivity contribution is -0.127. The van der Waals surface area contributed by atoms with Gasteiger partial charge in [-0.3, -0.25) is 4.79 Å². The molecule has 7 heteroatoms. The lowest BCUT2D eigenvalue weighted by atomic mass is 9.93. The Morgan fingerprint density at radius 3 is 2.93 bits per heavy atom. The van der Waals surface area contributed by atoms with Crippen LogP contribution in [0.1, 0.15) is 29.2 Å². The molecule has 1 aliphatic rings. The van der Waals surface area contributed by atoms with Crippen molar-refractivity contribution in [2.75, 3.05) is 18.4 Å². The molecule has 1 atom stereocenters. The first-order chi connectivity index (χ1) is 14.7. The molecule has 6 nitrogen and oxygen atoms in total. The highest BCUT2D eigenvalue weighted by Gasteiger charge is 2.23. The molecular weight excluding hydrogens is 394 g/mol. The smallest absolute Gasteiger partial charge is 0.246 e. The molecule has 1 aliphatic heterocycles. The molecule has 0 radical (unpaired) electrons. The van der Waals surface area contributed by atoms with Gasteiger partial charge in [-0.05, 0) is 62.4 Å². The highest BCUT2D eigenvalue weighted by Crippen LogP contribution is 2.22. The molecule has 1 N–H and O–H groups in total. The predicted molar refractivity (Wildman–Crippen MR) is 121 cm³/mol. The van der Waals surface area contributed by atoms with Crippen molar-refractivity contribution in [3.63, 3.8) is 0 Å². The molecule has 4 rings (SSSR count). The van der Waals surface area contributed by atoms with Crippen molar-refractivity contribution in [2.24, 2.45) is 5.92 Å². The summed E-state index contributed by atoms with van der Waals surface area (Å²) in [5.41, 5.74) is 1.88. The van der Waals surface area contributed by atoms with Crippen molar-refractivity contribution in [2.45, 2.75) is 26.2 Å². The van der Waals surface area contributed by atoms with Crippen molar-refractivity contribution in [3.8, 4) is 0 Å². The maximum Gasteiger partial charge on any atom is 0.246 e. The van der Waals surface area contributed by atoms with Gasteiger partial charge in [-0.25, -0.2) is 15.0 Å².